The van der Waals surface area contributed by atoms with Crippen molar-refractivity contribution in [2.45, 2.75) is 38.1 Å². The Labute approximate surface area is 159 Å². The summed E-state index contributed by atoms with van der Waals surface area (Å²) in [7, 11) is 0. The lowest BCUT2D eigenvalue weighted by Gasteiger charge is -2.35. The maximum absolute atomic E-state index is 6.13. The standard InChI is InChI=1S/C20H24Cl2N2O/c21-17-8-9-20(18(22)14-17)25-13-4-3-12-24-11-2-1-7-19(24)16-6-5-10-23-15-16/h5-6,8-10,14-15,19H,1-4,7,11-13H2. The number of hydrogen-bond donors (Lipinski definition) is 0. The predicted molar refractivity (Wildman–Crippen MR) is 104 cm³/mol. The number of ether oxygens (including phenoxy) is 1. The number of pyridine rings is 1. The lowest BCUT2D eigenvalue weighted by Crippen LogP contribution is -2.34. The molecular weight excluding hydrogens is 355 g/mol. The summed E-state index contributed by atoms with van der Waals surface area (Å²) in [4.78, 5) is 6.88. The van der Waals surface area contributed by atoms with E-state index in [1.165, 1.54) is 31.4 Å². The number of aromatic nitrogens is 1. The molecule has 0 aliphatic carbocycles. The van der Waals surface area contributed by atoms with Gasteiger partial charge in [0.2, 0.25) is 0 Å². The van der Waals surface area contributed by atoms with Crippen LogP contribution in [0.4, 0.5) is 0 Å². The van der Waals surface area contributed by atoms with E-state index in [1.807, 2.05) is 24.5 Å². The van der Waals surface area contributed by atoms with Gasteiger partial charge in [-0.05, 0) is 68.6 Å². The Morgan fingerprint density at radius 1 is 1.16 bits per heavy atom. The van der Waals surface area contributed by atoms with Crippen LogP contribution in [-0.2, 0) is 0 Å². The monoisotopic (exact) mass is 378 g/mol. The minimum absolute atomic E-state index is 0.508. The van der Waals surface area contributed by atoms with Crippen molar-refractivity contribution in [1.82, 2.24) is 9.88 Å². The molecule has 0 saturated carbocycles. The third-order valence-corrected chi connectivity index (χ3v) is 5.20. The summed E-state index contributed by atoms with van der Waals surface area (Å²) in [6.07, 6.45) is 9.78. The molecule has 134 valence electrons. The zero-order chi connectivity index (χ0) is 17.5. The zero-order valence-electron chi connectivity index (χ0n) is 14.3. The van der Waals surface area contributed by atoms with Crippen molar-refractivity contribution in [3.05, 3.63) is 58.3 Å². The van der Waals surface area contributed by atoms with Crippen LogP contribution >= 0.6 is 23.2 Å². The molecule has 0 amide bonds. The summed E-state index contributed by atoms with van der Waals surface area (Å²) in [6.45, 7) is 2.94. The van der Waals surface area contributed by atoms with E-state index in [4.69, 9.17) is 27.9 Å². The van der Waals surface area contributed by atoms with E-state index in [-0.39, 0.29) is 0 Å². The van der Waals surface area contributed by atoms with Gasteiger partial charge in [0.1, 0.15) is 5.75 Å². The molecule has 25 heavy (non-hydrogen) atoms. The molecule has 1 aliphatic rings. The third kappa shape index (κ3) is 5.34. The lowest BCUT2D eigenvalue weighted by molar-refractivity contribution is 0.143. The van der Waals surface area contributed by atoms with Gasteiger partial charge in [-0.1, -0.05) is 35.7 Å². The van der Waals surface area contributed by atoms with E-state index in [1.54, 1.807) is 12.1 Å². The smallest absolute Gasteiger partial charge is 0.137 e. The molecule has 1 unspecified atom stereocenters. The first-order valence-corrected chi connectivity index (χ1v) is 9.71. The zero-order valence-corrected chi connectivity index (χ0v) is 15.8. The van der Waals surface area contributed by atoms with Gasteiger partial charge in [0.15, 0.2) is 0 Å². The van der Waals surface area contributed by atoms with Crippen molar-refractivity contribution in [2.24, 2.45) is 0 Å². The van der Waals surface area contributed by atoms with Gasteiger partial charge in [-0.15, -0.1) is 0 Å². The number of halogens is 2. The molecule has 3 nitrogen and oxygen atoms in total. The number of benzene rings is 1. The number of hydrogen-bond acceptors (Lipinski definition) is 3. The third-order valence-electron chi connectivity index (χ3n) is 4.67. The molecular formula is C20H24Cl2N2O. The minimum Gasteiger partial charge on any atom is -0.492 e. The summed E-state index contributed by atoms with van der Waals surface area (Å²) in [5.74, 6) is 0.706. The fourth-order valence-corrected chi connectivity index (χ4v) is 3.86. The second kappa shape index (κ2) is 9.42. The Hall–Kier alpha value is -1.29. The van der Waals surface area contributed by atoms with Gasteiger partial charge in [-0.3, -0.25) is 9.88 Å². The van der Waals surface area contributed by atoms with E-state index in [2.05, 4.69) is 16.0 Å². The molecule has 1 aliphatic heterocycles. The number of unbranched alkanes of at least 4 members (excludes halogenated alkanes) is 1. The molecule has 1 fully saturated rings. The van der Waals surface area contributed by atoms with Crippen LogP contribution in [0, 0.1) is 0 Å². The second-order valence-corrected chi connectivity index (χ2v) is 7.31. The fraction of sp³-hybridized carbons (Fsp3) is 0.450. The molecule has 2 aromatic rings. The number of likely N-dealkylation sites (tertiary alicyclic amines) is 1. The van der Waals surface area contributed by atoms with Gasteiger partial charge in [-0.25, -0.2) is 0 Å². The van der Waals surface area contributed by atoms with Crippen molar-refractivity contribution in [3.8, 4) is 5.75 Å². The number of nitrogens with zero attached hydrogens (tertiary/aromatic N) is 2. The van der Waals surface area contributed by atoms with E-state index in [0.717, 1.165) is 19.4 Å². The van der Waals surface area contributed by atoms with Crippen molar-refractivity contribution in [3.63, 3.8) is 0 Å². The SMILES string of the molecule is Clc1ccc(OCCCCN2CCCCC2c2cccnc2)c(Cl)c1. The first-order chi connectivity index (χ1) is 12.2. The van der Waals surface area contributed by atoms with Crippen LogP contribution in [-0.4, -0.2) is 29.6 Å². The average molecular weight is 379 g/mol. The maximum Gasteiger partial charge on any atom is 0.137 e. The summed E-state index contributed by atoms with van der Waals surface area (Å²) >= 11 is 12.0. The minimum atomic E-state index is 0.508. The molecule has 0 radical (unpaired) electrons. The Kier molecular flexibility index (Phi) is 6.97. The van der Waals surface area contributed by atoms with Crippen LogP contribution in [0.1, 0.15) is 43.7 Å². The van der Waals surface area contributed by atoms with Crippen molar-refractivity contribution >= 4 is 23.2 Å². The first-order valence-electron chi connectivity index (χ1n) is 8.96. The van der Waals surface area contributed by atoms with E-state index < -0.39 is 0 Å². The van der Waals surface area contributed by atoms with Gasteiger partial charge >= 0.3 is 0 Å². The summed E-state index contributed by atoms with van der Waals surface area (Å²) in [6, 6.07) is 10.1. The molecule has 1 aromatic heterocycles. The van der Waals surface area contributed by atoms with Gasteiger partial charge in [0.05, 0.1) is 11.6 Å². The Morgan fingerprint density at radius 3 is 2.88 bits per heavy atom. The van der Waals surface area contributed by atoms with Crippen molar-refractivity contribution in [1.29, 1.82) is 0 Å². The number of piperidine rings is 1. The van der Waals surface area contributed by atoms with E-state index >= 15 is 0 Å². The quantitative estimate of drug-likeness (QED) is 0.571. The first kappa shape index (κ1) is 18.5. The van der Waals surface area contributed by atoms with Gasteiger partial charge < -0.3 is 4.74 Å². The highest BCUT2D eigenvalue weighted by molar-refractivity contribution is 6.35. The largest absolute Gasteiger partial charge is 0.492 e. The molecule has 1 saturated heterocycles. The van der Waals surface area contributed by atoms with Crippen LogP contribution in [0.5, 0.6) is 5.75 Å². The van der Waals surface area contributed by atoms with Crippen LogP contribution < -0.4 is 4.74 Å². The lowest BCUT2D eigenvalue weighted by atomic mass is 9.96. The van der Waals surface area contributed by atoms with Gasteiger partial charge in [-0.2, -0.15) is 0 Å². The van der Waals surface area contributed by atoms with Crippen LogP contribution in [0.25, 0.3) is 0 Å². The highest BCUT2D eigenvalue weighted by Crippen LogP contribution is 2.31. The van der Waals surface area contributed by atoms with Crippen LogP contribution in [0.15, 0.2) is 42.7 Å². The topological polar surface area (TPSA) is 25.4 Å². The molecule has 5 heteroatoms. The van der Waals surface area contributed by atoms with Crippen molar-refractivity contribution < 1.29 is 4.74 Å². The predicted octanol–water partition coefficient (Wildman–Crippen LogP) is 5.77. The van der Waals surface area contributed by atoms with E-state index in [9.17, 15) is 0 Å². The van der Waals surface area contributed by atoms with Gasteiger partial charge in [0, 0.05) is 23.5 Å². The molecule has 0 N–H and O–H groups in total. The fourth-order valence-electron chi connectivity index (χ4n) is 3.40. The summed E-state index contributed by atoms with van der Waals surface area (Å²) < 4.78 is 5.77. The Morgan fingerprint density at radius 2 is 2.08 bits per heavy atom. The number of rotatable bonds is 7. The van der Waals surface area contributed by atoms with Crippen molar-refractivity contribution in [2.75, 3.05) is 19.7 Å². The molecule has 1 atom stereocenters. The molecule has 3 rings (SSSR count). The summed E-state index contributed by atoms with van der Waals surface area (Å²) in [5, 5.41) is 1.20. The van der Waals surface area contributed by atoms with Crippen LogP contribution in [0.3, 0.4) is 0 Å². The molecule has 0 bridgehead atoms. The molecule has 0 spiro atoms. The molecule has 1 aromatic carbocycles. The van der Waals surface area contributed by atoms with E-state index in [0.29, 0.717) is 28.4 Å². The van der Waals surface area contributed by atoms with Crippen LogP contribution in [0.2, 0.25) is 10.0 Å². The Bertz CT molecular complexity index is 666. The summed E-state index contributed by atoms with van der Waals surface area (Å²) in [5.41, 5.74) is 1.34. The highest BCUT2D eigenvalue weighted by atomic mass is 35.5. The molecule has 2 heterocycles. The Balaban J connectivity index is 1.44. The van der Waals surface area contributed by atoms with Gasteiger partial charge in [0.25, 0.3) is 0 Å². The normalized spacial score (nSPS) is 18.2. The maximum atomic E-state index is 6.13. The average Bonchev–Trinajstić information content (AvgIpc) is 2.64. The second-order valence-electron chi connectivity index (χ2n) is 6.46. The highest BCUT2D eigenvalue weighted by Gasteiger charge is 2.23.